The molecule has 0 aliphatic heterocycles. The van der Waals surface area contributed by atoms with E-state index < -0.39 is 10.1 Å². The number of unbranched alkanes of at least 4 members (excludes halogenated alkanes) is 10. The van der Waals surface area contributed by atoms with E-state index in [0.717, 1.165) is 25.7 Å². The molecule has 4 heteroatoms. The van der Waals surface area contributed by atoms with Gasteiger partial charge in [0.15, 0.2) is 0 Å². The lowest BCUT2D eigenvalue weighted by atomic mass is 10.1. The van der Waals surface area contributed by atoms with Crippen molar-refractivity contribution in [2.75, 3.05) is 5.75 Å². The molecule has 0 aromatic carbocycles. The van der Waals surface area contributed by atoms with Gasteiger partial charge in [0.2, 0.25) is 0 Å². The van der Waals surface area contributed by atoms with Gasteiger partial charge in [0.05, 0.1) is 5.75 Å². The summed E-state index contributed by atoms with van der Waals surface area (Å²) >= 11 is 0. The molecule has 0 fully saturated rings. The average Bonchev–Trinajstić information content (AvgIpc) is 2.38. The number of rotatable bonds is 14. The second-order valence-corrected chi connectivity index (χ2v) is 7.09. The van der Waals surface area contributed by atoms with E-state index in [2.05, 4.69) is 19.1 Å². The van der Waals surface area contributed by atoms with Gasteiger partial charge in [-0.25, -0.2) is 0 Å². The lowest BCUT2D eigenvalue weighted by molar-refractivity contribution is 0.479. The van der Waals surface area contributed by atoms with Crippen molar-refractivity contribution < 1.29 is 13.0 Å². The highest BCUT2D eigenvalue weighted by molar-refractivity contribution is 7.85. The smallest absolute Gasteiger partial charge is 0.264 e. The molecular formula is C16H32O3S. The fraction of sp³-hybridized carbons (Fsp3) is 0.875. The second-order valence-electron chi connectivity index (χ2n) is 5.52. The van der Waals surface area contributed by atoms with Crippen molar-refractivity contribution in [1.29, 1.82) is 0 Å². The van der Waals surface area contributed by atoms with Gasteiger partial charge < -0.3 is 0 Å². The molecule has 0 saturated heterocycles. The van der Waals surface area contributed by atoms with Crippen molar-refractivity contribution in [3.63, 3.8) is 0 Å². The molecule has 0 atom stereocenters. The lowest BCUT2D eigenvalue weighted by Gasteiger charge is -1.99. The van der Waals surface area contributed by atoms with Gasteiger partial charge in [0.25, 0.3) is 10.1 Å². The quantitative estimate of drug-likeness (QED) is 0.275. The Bertz CT molecular complexity index is 321. The maximum Gasteiger partial charge on any atom is 0.264 e. The minimum Gasteiger partial charge on any atom is -0.286 e. The highest BCUT2D eigenvalue weighted by Crippen LogP contribution is 2.08. The van der Waals surface area contributed by atoms with Gasteiger partial charge in [-0.05, 0) is 32.1 Å². The van der Waals surface area contributed by atoms with E-state index in [1.165, 1.54) is 44.9 Å². The molecule has 0 aliphatic carbocycles. The van der Waals surface area contributed by atoms with Crippen LogP contribution in [0.15, 0.2) is 12.2 Å². The maximum absolute atomic E-state index is 10.5. The molecule has 0 aromatic rings. The van der Waals surface area contributed by atoms with Crippen molar-refractivity contribution in [3.8, 4) is 0 Å². The summed E-state index contributed by atoms with van der Waals surface area (Å²) < 4.78 is 29.6. The van der Waals surface area contributed by atoms with E-state index in [1.807, 2.05) is 0 Å². The second kappa shape index (κ2) is 13.6. The van der Waals surface area contributed by atoms with Crippen molar-refractivity contribution in [1.82, 2.24) is 0 Å². The zero-order chi connectivity index (χ0) is 15.1. The van der Waals surface area contributed by atoms with E-state index in [1.54, 1.807) is 0 Å². The third-order valence-electron chi connectivity index (χ3n) is 3.41. The fourth-order valence-electron chi connectivity index (χ4n) is 2.18. The average molecular weight is 304 g/mol. The molecule has 0 amide bonds. The summed E-state index contributed by atoms with van der Waals surface area (Å²) in [6.07, 6.45) is 18.5. The molecule has 20 heavy (non-hydrogen) atoms. The summed E-state index contributed by atoms with van der Waals surface area (Å²) in [5, 5.41) is 0. The topological polar surface area (TPSA) is 54.4 Å². The van der Waals surface area contributed by atoms with Gasteiger partial charge in [0.1, 0.15) is 0 Å². The molecule has 3 nitrogen and oxygen atoms in total. The monoisotopic (exact) mass is 304 g/mol. The Morgan fingerprint density at radius 2 is 1.20 bits per heavy atom. The molecule has 0 aromatic heterocycles. The van der Waals surface area contributed by atoms with Crippen LogP contribution in [0.4, 0.5) is 0 Å². The Balaban J connectivity index is 3.16. The van der Waals surface area contributed by atoms with Gasteiger partial charge >= 0.3 is 0 Å². The third-order valence-corrected chi connectivity index (χ3v) is 4.22. The largest absolute Gasteiger partial charge is 0.286 e. The Kier molecular flexibility index (Phi) is 13.4. The highest BCUT2D eigenvalue weighted by atomic mass is 32.2. The SMILES string of the molecule is CCCCCCCCC=CCCCCCCS(=O)(=O)O. The lowest BCUT2D eigenvalue weighted by Crippen LogP contribution is -2.03. The molecule has 0 saturated carbocycles. The van der Waals surface area contributed by atoms with Crippen LogP contribution in [0.3, 0.4) is 0 Å². The van der Waals surface area contributed by atoms with Gasteiger partial charge in [-0.3, -0.25) is 4.55 Å². The number of hydrogen-bond acceptors (Lipinski definition) is 2. The van der Waals surface area contributed by atoms with E-state index in [4.69, 9.17) is 4.55 Å². The van der Waals surface area contributed by atoms with Gasteiger partial charge in [-0.2, -0.15) is 8.42 Å². The summed E-state index contributed by atoms with van der Waals surface area (Å²) in [5.41, 5.74) is 0. The van der Waals surface area contributed by atoms with Crippen molar-refractivity contribution >= 4 is 10.1 Å². The summed E-state index contributed by atoms with van der Waals surface area (Å²) in [6, 6.07) is 0. The molecule has 0 radical (unpaired) electrons. The van der Waals surface area contributed by atoms with Crippen LogP contribution >= 0.6 is 0 Å². The van der Waals surface area contributed by atoms with Crippen molar-refractivity contribution in [2.24, 2.45) is 0 Å². The van der Waals surface area contributed by atoms with Crippen LogP contribution < -0.4 is 0 Å². The van der Waals surface area contributed by atoms with E-state index >= 15 is 0 Å². The van der Waals surface area contributed by atoms with Crippen LogP contribution in [0.25, 0.3) is 0 Å². The van der Waals surface area contributed by atoms with E-state index in [-0.39, 0.29) is 5.75 Å². The van der Waals surface area contributed by atoms with Crippen LogP contribution in [0, 0.1) is 0 Å². The number of hydrogen-bond donors (Lipinski definition) is 1. The van der Waals surface area contributed by atoms with E-state index in [0.29, 0.717) is 6.42 Å². The predicted octanol–water partition coefficient (Wildman–Crippen LogP) is 5.13. The zero-order valence-corrected chi connectivity index (χ0v) is 13.8. The molecule has 0 bridgehead atoms. The van der Waals surface area contributed by atoms with Crippen molar-refractivity contribution in [2.45, 2.75) is 84.0 Å². The minimum atomic E-state index is -3.75. The first-order valence-electron chi connectivity index (χ1n) is 8.16. The van der Waals surface area contributed by atoms with Crippen LogP contribution in [-0.4, -0.2) is 18.7 Å². The first-order valence-corrected chi connectivity index (χ1v) is 9.77. The molecule has 120 valence electrons. The number of allylic oxidation sites excluding steroid dienone is 2. The minimum absolute atomic E-state index is 0.0964. The van der Waals surface area contributed by atoms with Gasteiger partial charge in [-0.15, -0.1) is 0 Å². The Morgan fingerprint density at radius 1 is 0.750 bits per heavy atom. The van der Waals surface area contributed by atoms with Crippen LogP contribution in [0.2, 0.25) is 0 Å². The Morgan fingerprint density at radius 3 is 1.70 bits per heavy atom. The van der Waals surface area contributed by atoms with Gasteiger partial charge in [-0.1, -0.05) is 64.0 Å². The summed E-state index contributed by atoms with van der Waals surface area (Å²) in [4.78, 5) is 0. The maximum atomic E-state index is 10.5. The van der Waals surface area contributed by atoms with Crippen molar-refractivity contribution in [3.05, 3.63) is 12.2 Å². The first kappa shape index (κ1) is 19.7. The summed E-state index contributed by atoms with van der Waals surface area (Å²) in [5.74, 6) is -0.0964. The van der Waals surface area contributed by atoms with Crippen LogP contribution in [-0.2, 0) is 10.1 Å². The summed E-state index contributed by atoms with van der Waals surface area (Å²) in [6.45, 7) is 2.24. The molecule has 0 aliphatic rings. The Labute approximate surface area is 125 Å². The standard InChI is InChI=1S/C16H32O3S/c1-2-3-4-5-6-7-8-9-10-11-12-13-14-15-16-20(17,18)19/h9-10H,2-8,11-16H2,1H3,(H,17,18,19). The molecule has 0 spiro atoms. The van der Waals surface area contributed by atoms with Crippen LogP contribution in [0.1, 0.15) is 84.0 Å². The fourth-order valence-corrected chi connectivity index (χ4v) is 2.75. The third kappa shape index (κ3) is 17.6. The molecule has 1 N–H and O–H groups in total. The molecule has 0 rings (SSSR count). The summed E-state index contributed by atoms with van der Waals surface area (Å²) in [7, 11) is -3.75. The predicted molar refractivity (Wildman–Crippen MR) is 86.6 cm³/mol. The van der Waals surface area contributed by atoms with E-state index in [9.17, 15) is 8.42 Å². The van der Waals surface area contributed by atoms with Crippen LogP contribution in [0.5, 0.6) is 0 Å². The molecular weight excluding hydrogens is 272 g/mol. The van der Waals surface area contributed by atoms with Gasteiger partial charge in [0, 0.05) is 0 Å². The Hall–Kier alpha value is -0.350. The normalized spacial score (nSPS) is 12.3. The first-order chi connectivity index (χ1) is 9.56. The zero-order valence-electron chi connectivity index (χ0n) is 13.0. The molecule has 0 unspecified atom stereocenters. The molecule has 0 heterocycles. The highest BCUT2D eigenvalue weighted by Gasteiger charge is 2.02.